The summed E-state index contributed by atoms with van der Waals surface area (Å²) in [7, 11) is 0. The molecule has 1 nitrogen and oxygen atoms in total. The fourth-order valence-corrected chi connectivity index (χ4v) is 2.42. The summed E-state index contributed by atoms with van der Waals surface area (Å²) in [5.74, 6) is 0. The smallest absolute Gasteiger partial charge is 0.0408 e. The lowest BCUT2D eigenvalue weighted by Crippen LogP contribution is -2.38. The van der Waals surface area contributed by atoms with Crippen LogP contribution in [0.2, 0.25) is 5.02 Å². The van der Waals surface area contributed by atoms with Gasteiger partial charge in [0.2, 0.25) is 0 Å². The number of rotatable bonds is 2. The SMILES string of the molecule is CC1(Cc2cccc(Cl)c2)CCCN1.Cl. The van der Waals surface area contributed by atoms with Crippen molar-refractivity contribution in [2.45, 2.75) is 31.7 Å². The van der Waals surface area contributed by atoms with E-state index in [1.165, 1.54) is 18.4 Å². The minimum Gasteiger partial charge on any atom is -0.311 e. The summed E-state index contributed by atoms with van der Waals surface area (Å²) in [6.07, 6.45) is 3.63. The summed E-state index contributed by atoms with van der Waals surface area (Å²) >= 11 is 5.96. The van der Waals surface area contributed by atoms with Gasteiger partial charge in [-0.1, -0.05) is 23.7 Å². The van der Waals surface area contributed by atoms with E-state index in [2.05, 4.69) is 24.4 Å². The Hall–Kier alpha value is -0.240. The monoisotopic (exact) mass is 245 g/mol. The molecule has 84 valence electrons. The molecule has 0 saturated carbocycles. The van der Waals surface area contributed by atoms with Crippen molar-refractivity contribution in [1.29, 1.82) is 0 Å². The van der Waals surface area contributed by atoms with Gasteiger partial charge in [-0.05, 0) is 50.4 Å². The third-order valence-electron chi connectivity index (χ3n) is 2.94. The number of benzene rings is 1. The first-order valence-electron chi connectivity index (χ1n) is 5.17. The molecule has 0 radical (unpaired) electrons. The molecule has 2 rings (SSSR count). The van der Waals surface area contributed by atoms with Gasteiger partial charge < -0.3 is 5.32 Å². The molecule has 1 unspecified atom stereocenters. The van der Waals surface area contributed by atoms with Crippen molar-refractivity contribution < 1.29 is 0 Å². The largest absolute Gasteiger partial charge is 0.311 e. The van der Waals surface area contributed by atoms with Crippen LogP contribution >= 0.6 is 24.0 Å². The Bertz CT molecular complexity index is 319. The van der Waals surface area contributed by atoms with Gasteiger partial charge in [0.15, 0.2) is 0 Å². The van der Waals surface area contributed by atoms with Gasteiger partial charge in [0, 0.05) is 10.6 Å². The van der Waals surface area contributed by atoms with Crippen molar-refractivity contribution in [3.63, 3.8) is 0 Å². The minimum absolute atomic E-state index is 0. The molecule has 1 aliphatic heterocycles. The maximum Gasteiger partial charge on any atom is 0.0408 e. The van der Waals surface area contributed by atoms with Crippen molar-refractivity contribution in [3.05, 3.63) is 34.9 Å². The maximum atomic E-state index is 5.96. The van der Waals surface area contributed by atoms with Crippen LogP contribution in [-0.2, 0) is 6.42 Å². The molecule has 1 N–H and O–H groups in total. The molecule has 1 heterocycles. The molecule has 1 saturated heterocycles. The lowest BCUT2D eigenvalue weighted by Gasteiger charge is -2.24. The van der Waals surface area contributed by atoms with Crippen molar-refractivity contribution in [2.24, 2.45) is 0 Å². The van der Waals surface area contributed by atoms with Crippen molar-refractivity contribution in [2.75, 3.05) is 6.54 Å². The zero-order valence-corrected chi connectivity index (χ0v) is 10.5. The first kappa shape index (κ1) is 12.8. The second-order valence-electron chi connectivity index (χ2n) is 4.40. The van der Waals surface area contributed by atoms with Crippen LogP contribution < -0.4 is 5.32 Å². The molecule has 0 aliphatic carbocycles. The predicted octanol–water partition coefficient (Wildman–Crippen LogP) is 3.45. The van der Waals surface area contributed by atoms with E-state index in [9.17, 15) is 0 Å². The molecule has 1 aliphatic rings. The Labute approximate surface area is 103 Å². The van der Waals surface area contributed by atoms with Crippen LogP contribution in [0.25, 0.3) is 0 Å². The summed E-state index contributed by atoms with van der Waals surface area (Å²) in [4.78, 5) is 0. The molecule has 1 atom stereocenters. The van der Waals surface area contributed by atoms with E-state index in [1.807, 2.05) is 12.1 Å². The second kappa shape index (κ2) is 5.20. The Kier molecular flexibility index (Phi) is 4.45. The Balaban J connectivity index is 0.00000112. The highest BCUT2D eigenvalue weighted by Gasteiger charge is 2.27. The van der Waals surface area contributed by atoms with Crippen LogP contribution in [0, 0.1) is 0 Å². The van der Waals surface area contributed by atoms with Crippen molar-refractivity contribution >= 4 is 24.0 Å². The van der Waals surface area contributed by atoms with Gasteiger partial charge in [0.05, 0.1) is 0 Å². The van der Waals surface area contributed by atoms with Crippen LogP contribution in [-0.4, -0.2) is 12.1 Å². The highest BCUT2D eigenvalue weighted by atomic mass is 35.5. The topological polar surface area (TPSA) is 12.0 Å². The molecule has 0 spiro atoms. The van der Waals surface area contributed by atoms with Gasteiger partial charge in [-0.15, -0.1) is 12.4 Å². The summed E-state index contributed by atoms with van der Waals surface area (Å²) in [5, 5.41) is 4.39. The van der Waals surface area contributed by atoms with E-state index < -0.39 is 0 Å². The van der Waals surface area contributed by atoms with Gasteiger partial charge >= 0.3 is 0 Å². The van der Waals surface area contributed by atoms with E-state index in [0.29, 0.717) is 0 Å². The van der Waals surface area contributed by atoms with Crippen LogP contribution in [0.4, 0.5) is 0 Å². The molecule has 3 heteroatoms. The Morgan fingerprint density at radius 1 is 1.47 bits per heavy atom. The third kappa shape index (κ3) is 3.37. The number of hydrogen-bond acceptors (Lipinski definition) is 1. The first-order chi connectivity index (χ1) is 6.68. The summed E-state index contributed by atoms with van der Waals surface area (Å²) < 4.78 is 0. The van der Waals surface area contributed by atoms with E-state index in [1.54, 1.807) is 0 Å². The minimum atomic E-state index is 0. The van der Waals surface area contributed by atoms with Crippen molar-refractivity contribution in [1.82, 2.24) is 5.32 Å². The fourth-order valence-electron chi connectivity index (χ4n) is 2.21. The normalized spacial score (nSPS) is 24.9. The van der Waals surface area contributed by atoms with Gasteiger partial charge in [-0.3, -0.25) is 0 Å². The van der Waals surface area contributed by atoms with E-state index in [4.69, 9.17) is 11.6 Å². The first-order valence-corrected chi connectivity index (χ1v) is 5.55. The summed E-state index contributed by atoms with van der Waals surface area (Å²) in [6.45, 7) is 3.44. The lowest BCUT2D eigenvalue weighted by molar-refractivity contribution is 0.412. The quantitative estimate of drug-likeness (QED) is 0.842. The molecule has 1 aromatic rings. The molecule has 0 amide bonds. The maximum absolute atomic E-state index is 5.96. The van der Waals surface area contributed by atoms with Crippen molar-refractivity contribution in [3.8, 4) is 0 Å². The third-order valence-corrected chi connectivity index (χ3v) is 3.18. The zero-order chi connectivity index (χ0) is 10.0. The molecule has 15 heavy (non-hydrogen) atoms. The zero-order valence-electron chi connectivity index (χ0n) is 8.92. The van der Waals surface area contributed by atoms with Gasteiger partial charge in [-0.2, -0.15) is 0 Å². The molecule has 1 aromatic carbocycles. The van der Waals surface area contributed by atoms with E-state index in [-0.39, 0.29) is 17.9 Å². The highest BCUT2D eigenvalue weighted by molar-refractivity contribution is 6.30. The van der Waals surface area contributed by atoms with Crippen LogP contribution in [0.1, 0.15) is 25.3 Å². The second-order valence-corrected chi connectivity index (χ2v) is 4.83. The summed E-state index contributed by atoms with van der Waals surface area (Å²) in [6, 6.07) is 8.16. The van der Waals surface area contributed by atoms with E-state index in [0.717, 1.165) is 18.0 Å². The van der Waals surface area contributed by atoms with Crippen LogP contribution in [0.3, 0.4) is 0 Å². The molecule has 0 aromatic heterocycles. The van der Waals surface area contributed by atoms with Crippen LogP contribution in [0.5, 0.6) is 0 Å². The molecular formula is C12H17Cl2N. The average molecular weight is 246 g/mol. The number of nitrogens with one attached hydrogen (secondary N) is 1. The van der Waals surface area contributed by atoms with E-state index >= 15 is 0 Å². The molecule has 0 bridgehead atoms. The Morgan fingerprint density at radius 2 is 2.27 bits per heavy atom. The van der Waals surface area contributed by atoms with Gasteiger partial charge in [0.1, 0.15) is 0 Å². The summed E-state index contributed by atoms with van der Waals surface area (Å²) in [5.41, 5.74) is 1.61. The number of halogens is 2. The molecular weight excluding hydrogens is 229 g/mol. The lowest BCUT2D eigenvalue weighted by atomic mass is 9.91. The predicted molar refractivity (Wildman–Crippen MR) is 68.0 cm³/mol. The van der Waals surface area contributed by atoms with Gasteiger partial charge in [0.25, 0.3) is 0 Å². The fraction of sp³-hybridized carbons (Fsp3) is 0.500. The Morgan fingerprint density at radius 3 is 2.87 bits per heavy atom. The number of hydrogen-bond donors (Lipinski definition) is 1. The highest BCUT2D eigenvalue weighted by Crippen LogP contribution is 2.24. The van der Waals surface area contributed by atoms with Crippen LogP contribution in [0.15, 0.2) is 24.3 Å². The van der Waals surface area contributed by atoms with Gasteiger partial charge in [-0.25, -0.2) is 0 Å². The average Bonchev–Trinajstić information content (AvgIpc) is 2.51. The standard InChI is InChI=1S/C12H16ClN.ClH/c1-12(6-3-7-14-12)9-10-4-2-5-11(13)8-10;/h2,4-5,8,14H,3,6-7,9H2,1H3;1H. The molecule has 1 fully saturated rings.